The van der Waals surface area contributed by atoms with Crippen molar-refractivity contribution in [3.05, 3.63) is 172 Å². The van der Waals surface area contributed by atoms with Crippen LogP contribution in [0.4, 0.5) is 17.1 Å². The van der Waals surface area contributed by atoms with Gasteiger partial charge in [-0.15, -0.1) is 30.6 Å². The predicted molar refractivity (Wildman–Crippen MR) is 280 cm³/mol. The molecule has 0 bridgehead atoms. The van der Waals surface area contributed by atoms with Crippen molar-refractivity contribution in [3.63, 3.8) is 0 Å². The number of benzene rings is 6. The molecule has 6 aromatic carbocycles. The van der Waals surface area contributed by atoms with Crippen molar-refractivity contribution < 1.29 is 25.0 Å². The highest BCUT2D eigenvalue weighted by molar-refractivity contribution is 9.09. The molecule has 9 rings (SSSR count). The quantitative estimate of drug-likeness (QED) is 0.0413. The zero-order chi connectivity index (χ0) is 51.9. The van der Waals surface area contributed by atoms with Gasteiger partial charge in [0.1, 0.15) is 11.8 Å². The van der Waals surface area contributed by atoms with Crippen molar-refractivity contribution in [3.8, 4) is 46.0 Å². The lowest BCUT2D eigenvalue weighted by atomic mass is 9.99. The van der Waals surface area contributed by atoms with Crippen LogP contribution in [-0.2, 0) is 19.5 Å². The highest BCUT2D eigenvalue weighted by Gasteiger charge is 2.12. The number of tetrazole rings is 3. The summed E-state index contributed by atoms with van der Waals surface area (Å²) in [5.74, 6) is 2.08. The fourth-order valence-corrected chi connectivity index (χ4v) is 6.10. The summed E-state index contributed by atoms with van der Waals surface area (Å²) in [6, 6.07) is 46.2. The lowest BCUT2D eigenvalue weighted by Crippen LogP contribution is -2.05. The van der Waals surface area contributed by atoms with Gasteiger partial charge >= 0.3 is 7.69 Å². The Hall–Kier alpha value is -7.82. The maximum atomic E-state index is 8.93. The lowest BCUT2D eigenvalue weighted by Gasteiger charge is -2.07. The molecule has 0 aliphatic heterocycles. The zero-order valence-corrected chi connectivity index (χ0v) is 41.4. The van der Waals surface area contributed by atoms with Crippen LogP contribution in [0.3, 0.4) is 0 Å². The smallest absolute Gasteiger partial charge is 0.537 e. The topological polar surface area (TPSA) is 334 Å². The van der Waals surface area contributed by atoms with Gasteiger partial charge in [0.2, 0.25) is 17.5 Å². The number of para-hydroxylation sites is 3. The Morgan fingerprint density at radius 2 is 1.14 bits per heavy atom. The number of nitrogens with two attached hydrogens (primary N) is 3. The monoisotopic (exact) mass is 1080 g/mol. The van der Waals surface area contributed by atoms with Gasteiger partial charge in [0.15, 0.2) is 0 Å². The van der Waals surface area contributed by atoms with Crippen LogP contribution in [0.2, 0.25) is 10.0 Å². The fraction of sp³-hybridized carbons (Fsp3) is 0.149. The highest BCUT2D eigenvalue weighted by atomic mass is 79.9. The molecule has 21 nitrogen and oxygen atoms in total. The van der Waals surface area contributed by atoms with Crippen LogP contribution in [0.5, 0.6) is 5.75 Å². The number of aromatic nitrogens is 12. The Balaban J connectivity index is 0.000000199. The number of nitrogens with one attached hydrogen (secondary N) is 1. The maximum Gasteiger partial charge on any atom is 0.569 e. The molecule has 0 amide bonds. The van der Waals surface area contributed by atoms with Gasteiger partial charge < -0.3 is 42.2 Å². The number of alkyl halides is 1. The van der Waals surface area contributed by atoms with Crippen molar-refractivity contribution in [2.24, 2.45) is 0 Å². The molecule has 0 atom stereocenters. The molecule has 0 unspecified atom stereocenters. The first-order valence-electron chi connectivity index (χ1n) is 21.4. The average molecular weight is 1080 g/mol. The SMILES string of the molecule is N#Cc1ccccc1N.Nc1ccccc1-c1nn[nH]n1.Nc1ccccc1-c1nnn(CCO)n1.OCCBr.OCCn1nnc(-c2ccccc2Cc2cccc(Cl)c2)n1.O[B]Oc1cccc(Cl)c1. The van der Waals surface area contributed by atoms with Gasteiger partial charge in [-0.1, -0.05) is 118 Å². The molecule has 0 saturated carbocycles. The van der Waals surface area contributed by atoms with Gasteiger partial charge in [0.25, 0.3) is 0 Å². The van der Waals surface area contributed by atoms with E-state index in [0.29, 0.717) is 77.0 Å². The van der Waals surface area contributed by atoms with E-state index in [1.165, 1.54) is 9.59 Å². The summed E-state index contributed by atoms with van der Waals surface area (Å²) in [6.45, 7) is 0.878. The molecule has 3 heterocycles. The molecule has 0 fully saturated rings. The second-order valence-electron chi connectivity index (χ2n) is 14.0. The van der Waals surface area contributed by atoms with Crippen LogP contribution in [0.1, 0.15) is 16.7 Å². The number of aliphatic hydroxyl groups excluding tert-OH is 3. The van der Waals surface area contributed by atoms with E-state index in [0.717, 1.165) is 39.3 Å². The average Bonchev–Trinajstić information content (AvgIpc) is 4.21. The molecular weight excluding hydrogens is 1030 g/mol. The highest BCUT2D eigenvalue weighted by Crippen LogP contribution is 2.24. The van der Waals surface area contributed by atoms with E-state index in [2.05, 4.69) is 72.0 Å². The summed E-state index contributed by atoms with van der Waals surface area (Å²) in [5.41, 5.74) is 23.9. The fourth-order valence-electron chi connectivity index (χ4n) is 5.71. The minimum Gasteiger partial charge on any atom is -0.537 e. The van der Waals surface area contributed by atoms with E-state index in [-0.39, 0.29) is 19.8 Å². The van der Waals surface area contributed by atoms with Crippen molar-refractivity contribution in [2.45, 2.75) is 19.5 Å². The molecule has 0 aliphatic rings. The van der Waals surface area contributed by atoms with Crippen LogP contribution in [0.25, 0.3) is 34.2 Å². The Morgan fingerprint density at radius 3 is 1.62 bits per heavy atom. The summed E-state index contributed by atoms with van der Waals surface area (Å²) >= 11 is 14.6. The molecule has 371 valence electrons. The lowest BCUT2D eigenvalue weighted by molar-refractivity contribution is 0.259. The summed E-state index contributed by atoms with van der Waals surface area (Å²) in [5, 5.41) is 81.6. The number of rotatable bonds is 12. The molecule has 9 aromatic rings. The van der Waals surface area contributed by atoms with Gasteiger partial charge in [-0.05, 0) is 99.9 Å². The second kappa shape index (κ2) is 32.1. The van der Waals surface area contributed by atoms with Crippen molar-refractivity contribution in [1.29, 1.82) is 5.26 Å². The Labute approximate surface area is 433 Å². The predicted octanol–water partition coefficient (Wildman–Crippen LogP) is 5.70. The van der Waals surface area contributed by atoms with E-state index in [4.69, 9.17) is 66.0 Å². The molecule has 0 aliphatic carbocycles. The van der Waals surface area contributed by atoms with Crippen molar-refractivity contribution in [1.82, 2.24) is 61.0 Å². The van der Waals surface area contributed by atoms with Crippen LogP contribution in [0.15, 0.2) is 146 Å². The first kappa shape index (κ1) is 56.8. The number of aliphatic hydroxyl groups is 3. The standard InChI is InChI=1S/C16H15ClN4O.C9H11N5O.C7H7N5.C7H6N2.C6H5BClO2.C2H5BrO/c17-14-6-3-4-12(11-14)10-13-5-1-2-7-15(13)16-18-20-21(19-16)8-9-22;10-8-4-2-1-3-7(8)9-11-13-14(12-9)5-6-15;8-6-4-2-1-3-5(6)7-9-11-12-10-7;8-5-6-3-1-2-4-7(6)9;8-5-2-1-3-6(4-5)10-7-9;3-1-2-4/h1-7,11,22H,8-10H2;1-4,15H,5-6,10H2;1-4H,8H2,(H,9,10,11,12);1-4H,9H2;1-4,9H;4H,1-2H2. The van der Waals surface area contributed by atoms with Gasteiger partial charge in [0.05, 0.1) is 38.5 Å². The largest absolute Gasteiger partial charge is 0.569 e. The third kappa shape index (κ3) is 19.5. The van der Waals surface area contributed by atoms with E-state index < -0.39 is 0 Å². The third-order valence-corrected chi connectivity index (χ3v) is 9.77. The number of anilines is 3. The van der Waals surface area contributed by atoms with Crippen LogP contribution in [-0.4, -0.2) is 114 Å². The second-order valence-corrected chi connectivity index (χ2v) is 15.7. The molecule has 1 radical (unpaired) electrons. The zero-order valence-electron chi connectivity index (χ0n) is 38.3. The summed E-state index contributed by atoms with van der Waals surface area (Å²) in [7, 11) is 0.617. The summed E-state index contributed by atoms with van der Waals surface area (Å²) in [4.78, 5) is 2.73. The van der Waals surface area contributed by atoms with E-state index in [9.17, 15) is 0 Å². The van der Waals surface area contributed by atoms with E-state index in [1.54, 1.807) is 60.7 Å². The molecule has 72 heavy (non-hydrogen) atoms. The first-order valence-corrected chi connectivity index (χ1v) is 23.2. The van der Waals surface area contributed by atoms with E-state index in [1.807, 2.05) is 91.0 Å². The number of halogens is 3. The Kier molecular flexibility index (Phi) is 25.3. The number of nitrogen functional groups attached to an aromatic ring is 3. The number of H-pyrrole nitrogens is 1. The summed E-state index contributed by atoms with van der Waals surface area (Å²) in [6.07, 6.45) is 0.741. The molecule has 0 saturated heterocycles. The molecule has 25 heteroatoms. The minimum absolute atomic E-state index is 0.0138. The number of aromatic amines is 1. The molecular formula is C47H49BBrCl2N16O5. The minimum atomic E-state index is -0.0139. The number of hydrogen-bond acceptors (Lipinski definition) is 18. The van der Waals surface area contributed by atoms with Crippen molar-refractivity contribution in [2.75, 3.05) is 42.4 Å². The molecule has 0 spiro atoms. The third-order valence-electron chi connectivity index (χ3n) is 8.95. The van der Waals surface area contributed by atoms with Gasteiger partial charge in [-0.3, -0.25) is 0 Å². The number of nitriles is 1. The van der Waals surface area contributed by atoms with Crippen LogP contribution < -0.4 is 21.9 Å². The normalized spacial score (nSPS) is 9.86. The Morgan fingerprint density at radius 1 is 0.625 bits per heavy atom. The summed E-state index contributed by atoms with van der Waals surface area (Å²) < 4.78 is 4.63. The van der Waals surface area contributed by atoms with Crippen LogP contribution in [0, 0.1) is 11.3 Å². The number of hydrogen-bond donors (Lipinski definition) is 8. The van der Waals surface area contributed by atoms with Gasteiger partial charge in [-0.25, -0.2) is 0 Å². The van der Waals surface area contributed by atoms with Gasteiger partial charge in [0, 0.05) is 49.1 Å². The van der Waals surface area contributed by atoms with Crippen molar-refractivity contribution >= 4 is 63.9 Å². The Bertz CT molecular complexity index is 3000. The molecule has 11 N–H and O–H groups in total. The maximum absolute atomic E-state index is 8.93. The number of nitrogens with zero attached hydrogens (tertiary/aromatic N) is 12. The van der Waals surface area contributed by atoms with Crippen LogP contribution >= 0.6 is 39.1 Å². The first-order chi connectivity index (χ1) is 35.0. The molecule has 3 aromatic heterocycles. The van der Waals surface area contributed by atoms with Gasteiger partial charge in [-0.2, -0.15) is 20.1 Å². The van der Waals surface area contributed by atoms with E-state index >= 15 is 0 Å².